The maximum atomic E-state index is 6.32. The first-order chi connectivity index (χ1) is 8.74. The molecule has 1 aliphatic carbocycles. The van der Waals surface area contributed by atoms with E-state index in [-0.39, 0.29) is 6.04 Å². The van der Waals surface area contributed by atoms with E-state index in [0.29, 0.717) is 5.92 Å². The van der Waals surface area contributed by atoms with Crippen LogP contribution in [-0.2, 0) is 0 Å². The first-order valence-electron chi connectivity index (χ1n) is 6.55. The van der Waals surface area contributed by atoms with Crippen LogP contribution in [0.5, 0.6) is 0 Å². The lowest BCUT2D eigenvalue weighted by molar-refractivity contribution is 0.504. The number of aromatic nitrogens is 1. The van der Waals surface area contributed by atoms with E-state index >= 15 is 0 Å². The number of nitrogens with zero attached hydrogens (tertiary/aromatic N) is 1. The third-order valence-corrected chi connectivity index (χ3v) is 5.40. The van der Waals surface area contributed by atoms with Crippen LogP contribution in [0.1, 0.15) is 43.0 Å². The highest BCUT2D eigenvalue weighted by molar-refractivity contribution is 9.10. The standard InChI is InChI=1S/C14H17BrN2S/c15-9-6-7-12-13(8-9)18-14(17-12)10-4-2-1-3-5-11(10)16/h6-8,10-11H,1-5,16H2. The molecule has 2 atom stereocenters. The normalized spacial score (nSPS) is 25.2. The number of halogens is 1. The molecule has 1 heterocycles. The molecule has 0 bridgehead atoms. The Hall–Kier alpha value is -0.450. The lowest BCUT2D eigenvalue weighted by atomic mass is 9.96. The van der Waals surface area contributed by atoms with Gasteiger partial charge in [-0.1, -0.05) is 35.2 Å². The summed E-state index contributed by atoms with van der Waals surface area (Å²) in [6.45, 7) is 0. The van der Waals surface area contributed by atoms with Crippen molar-refractivity contribution in [3.8, 4) is 0 Å². The number of rotatable bonds is 1. The quantitative estimate of drug-likeness (QED) is 0.788. The highest BCUT2D eigenvalue weighted by Crippen LogP contribution is 2.36. The summed E-state index contributed by atoms with van der Waals surface area (Å²) in [7, 11) is 0. The Morgan fingerprint density at radius 1 is 1.22 bits per heavy atom. The van der Waals surface area contributed by atoms with Gasteiger partial charge in [-0.05, 0) is 31.0 Å². The SMILES string of the molecule is NC1CCCCCC1c1nc2ccc(Br)cc2s1. The van der Waals surface area contributed by atoms with E-state index in [1.54, 1.807) is 0 Å². The van der Waals surface area contributed by atoms with Gasteiger partial charge in [-0.3, -0.25) is 0 Å². The lowest BCUT2D eigenvalue weighted by Gasteiger charge is -2.18. The minimum atomic E-state index is 0.288. The Morgan fingerprint density at radius 2 is 2.06 bits per heavy atom. The van der Waals surface area contributed by atoms with E-state index in [1.165, 1.54) is 35.4 Å². The number of thiazole rings is 1. The Kier molecular flexibility index (Phi) is 3.68. The molecule has 2 nitrogen and oxygen atoms in total. The van der Waals surface area contributed by atoms with Crippen molar-refractivity contribution in [2.75, 3.05) is 0 Å². The number of benzene rings is 1. The van der Waals surface area contributed by atoms with Gasteiger partial charge in [-0.15, -0.1) is 11.3 Å². The maximum absolute atomic E-state index is 6.32. The van der Waals surface area contributed by atoms with Gasteiger partial charge in [-0.2, -0.15) is 0 Å². The second-order valence-electron chi connectivity index (χ2n) is 5.07. The summed E-state index contributed by atoms with van der Waals surface area (Å²) in [4.78, 5) is 4.79. The summed E-state index contributed by atoms with van der Waals surface area (Å²) in [6.07, 6.45) is 6.22. The molecule has 0 amide bonds. The number of hydrogen-bond acceptors (Lipinski definition) is 3. The van der Waals surface area contributed by atoms with Crippen LogP contribution in [-0.4, -0.2) is 11.0 Å². The van der Waals surface area contributed by atoms with Crippen LogP contribution in [0, 0.1) is 0 Å². The summed E-state index contributed by atoms with van der Waals surface area (Å²) >= 11 is 5.33. The van der Waals surface area contributed by atoms with Crippen molar-refractivity contribution in [1.82, 2.24) is 4.98 Å². The molecule has 2 unspecified atom stereocenters. The molecule has 4 heteroatoms. The zero-order valence-electron chi connectivity index (χ0n) is 10.2. The summed E-state index contributed by atoms with van der Waals surface area (Å²) in [6, 6.07) is 6.58. The molecule has 1 fully saturated rings. The van der Waals surface area contributed by atoms with Crippen molar-refractivity contribution in [2.45, 2.75) is 44.1 Å². The van der Waals surface area contributed by atoms with E-state index in [2.05, 4.69) is 34.1 Å². The first-order valence-corrected chi connectivity index (χ1v) is 8.16. The van der Waals surface area contributed by atoms with Crippen LogP contribution in [0.4, 0.5) is 0 Å². The molecule has 0 radical (unpaired) electrons. The molecule has 0 spiro atoms. The number of hydrogen-bond donors (Lipinski definition) is 1. The number of fused-ring (bicyclic) bond motifs is 1. The molecule has 3 rings (SSSR count). The summed E-state index contributed by atoms with van der Waals surface area (Å²) in [5, 5.41) is 1.23. The summed E-state index contributed by atoms with van der Waals surface area (Å²) in [5.41, 5.74) is 7.43. The molecule has 96 valence electrons. The largest absolute Gasteiger partial charge is 0.327 e. The molecule has 0 aliphatic heterocycles. The van der Waals surface area contributed by atoms with Crippen molar-refractivity contribution in [2.24, 2.45) is 5.73 Å². The molecule has 1 saturated carbocycles. The van der Waals surface area contributed by atoms with Crippen molar-refractivity contribution < 1.29 is 0 Å². The van der Waals surface area contributed by atoms with Crippen molar-refractivity contribution >= 4 is 37.5 Å². The fourth-order valence-electron chi connectivity index (χ4n) is 2.72. The van der Waals surface area contributed by atoms with Gasteiger partial charge in [0, 0.05) is 16.4 Å². The van der Waals surface area contributed by atoms with Gasteiger partial charge in [0.15, 0.2) is 0 Å². The smallest absolute Gasteiger partial charge is 0.0984 e. The fraction of sp³-hybridized carbons (Fsp3) is 0.500. The Balaban J connectivity index is 1.97. The third-order valence-electron chi connectivity index (χ3n) is 3.75. The van der Waals surface area contributed by atoms with Gasteiger partial charge < -0.3 is 5.73 Å². The molecule has 2 N–H and O–H groups in total. The van der Waals surface area contributed by atoms with Gasteiger partial charge in [0.25, 0.3) is 0 Å². The molecule has 1 aliphatic rings. The van der Waals surface area contributed by atoms with Crippen LogP contribution in [0.2, 0.25) is 0 Å². The predicted octanol–water partition coefficient (Wildman–Crippen LogP) is 4.43. The van der Waals surface area contributed by atoms with Gasteiger partial charge >= 0.3 is 0 Å². The predicted molar refractivity (Wildman–Crippen MR) is 81.1 cm³/mol. The highest BCUT2D eigenvalue weighted by atomic mass is 79.9. The minimum absolute atomic E-state index is 0.288. The molecule has 1 aromatic carbocycles. The average Bonchev–Trinajstić information content (AvgIpc) is 2.63. The second-order valence-corrected chi connectivity index (χ2v) is 7.05. The van der Waals surface area contributed by atoms with Crippen LogP contribution in [0.15, 0.2) is 22.7 Å². The monoisotopic (exact) mass is 324 g/mol. The minimum Gasteiger partial charge on any atom is -0.327 e. The van der Waals surface area contributed by atoms with E-state index in [0.717, 1.165) is 16.4 Å². The van der Waals surface area contributed by atoms with Crippen LogP contribution in [0.3, 0.4) is 0 Å². The first kappa shape index (κ1) is 12.6. The average molecular weight is 325 g/mol. The maximum Gasteiger partial charge on any atom is 0.0984 e. The molecular formula is C14H17BrN2S. The zero-order valence-corrected chi connectivity index (χ0v) is 12.6. The molecular weight excluding hydrogens is 308 g/mol. The summed E-state index contributed by atoms with van der Waals surface area (Å²) < 4.78 is 2.38. The van der Waals surface area contributed by atoms with E-state index < -0.39 is 0 Å². The summed E-state index contributed by atoms with van der Waals surface area (Å²) in [5.74, 6) is 0.462. The van der Waals surface area contributed by atoms with Crippen LogP contribution >= 0.6 is 27.3 Å². The second kappa shape index (κ2) is 5.27. The van der Waals surface area contributed by atoms with Crippen LogP contribution < -0.4 is 5.73 Å². The van der Waals surface area contributed by atoms with Gasteiger partial charge in [0.05, 0.1) is 15.2 Å². The van der Waals surface area contributed by atoms with Gasteiger partial charge in [0.2, 0.25) is 0 Å². The fourth-order valence-corrected chi connectivity index (χ4v) is 4.45. The molecule has 1 aromatic heterocycles. The Morgan fingerprint density at radius 3 is 2.94 bits per heavy atom. The number of nitrogens with two attached hydrogens (primary N) is 1. The topological polar surface area (TPSA) is 38.9 Å². The Bertz CT molecular complexity index is 552. The van der Waals surface area contributed by atoms with Crippen molar-refractivity contribution in [3.05, 3.63) is 27.7 Å². The molecule has 0 saturated heterocycles. The van der Waals surface area contributed by atoms with E-state index in [9.17, 15) is 0 Å². The molecule has 2 aromatic rings. The van der Waals surface area contributed by atoms with Crippen molar-refractivity contribution in [1.29, 1.82) is 0 Å². The van der Waals surface area contributed by atoms with E-state index in [4.69, 9.17) is 10.7 Å². The van der Waals surface area contributed by atoms with Crippen LogP contribution in [0.25, 0.3) is 10.2 Å². The third kappa shape index (κ3) is 2.46. The van der Waals surface area contributed by atoms with Crippen molar-refractivity contribution in [3.63, 3.8) is 0 Å². The highest BCUT2D eigenvalue weighted by Gasteiger charge is 2.24. The van der Waals surface area contributed by atoms with E-state index in [1.807, 2.05) is 11.3 Å². The molecule has 18 heavy (non-hydrogen) atoms. The zero-order chi connectivity index (χ0) is 12.5. The Labute approximate surface area is 120 Å². The van der Waals surface area contributed by atoms with Gasteiger partial charge in [0.1, 0.15) is 0 Å². The van der Waals surface area contributed by atoms with Gasteiger partial charge in [-0.25, -0.2) is 4.98 Å². The lowest BCUT2D eigenvalue weighted by Crippen LogP contribution is -2.27.